The maximum Gasteiger partial charge on any atom is 0.137 e. The van der Waals surface area contributed by atoms with Gasteiger partial charge in [-0.3, -0.25) is 0 Å². The second kappa shape index (κ2) is 15.7. The van der Waals surface area contributed by atoms with Gasteiger partial charge in [0.25, 0.3) is 0 Å². The molecule has 0 saturated carbocycles. The summed E-state index contributed by atoms with van der Waals surface area (Å²) in [7, 11) is 0. The molecule has 12 rings (SSSR count). The van der Waals surface area contributed by atoms with Gasteiger partial charge in [-0.05, 0) is 130 Å². The van der Waals surface area contributed by atoms with Crippen molar-refractivity contribution >= 4 is 78.0 Å². The Hall–Kier alpha value is -8.60. The van der Waals surface area contributed by atoms with E-state index in [9.17, 15) is 0 Å². The predicted molar refractivity (Wildman–Crippen MR) is 267 cm³/mol. The second-order valence-corrected chi connectivity index (χ2v) is 16.2. The van der Waals surface area contributed by atoms with Crippen molar-refractivity contribution in [1.29, 1.82) is 0 Å². The summed E-state index contributed by atoms with van der Waals surface area (Å²) in [4.78, 5) is 4.57. The number of furan rings is 2. The highest BCUT2D eigenvalue weighted by Crippen LogP contribution is 2.42. The number of benzene rings is 10. The van der Waals surface area contributed by atoms with Gasteiger partial charge >= 0.3 is 0 Å². The number of hydrogen-bond acceptors (Lipinski definition) is 4. The number of fused-ring (bicyclic) bond motifs is 6. The molecular weight excluding hydrogens is 781 g/mol. The Balaban J connectivity index is 0.856. The first-order valence-electron chi connectivity index (χ1n) is 21.6. The number of hydrogen-bond donors (Lipinski definition) is 0. The van der Waals surface area contributed by atoms with E-state index in [4.69, 9.17) is 8.83 Å². The Morgan fingerprint density at radius 3 is 0.844 bits per heavy atom. The molecule has 0 fully saturated rings. The van der Waals surface area contributed by atoms with Crippen molar-refractivity contribution in [2.75, 3.05) is 9.80 Å². The summed E-state index contributed by atoms with van der Waals surface area (Å²) in [6.45, 7) is 0. The molecule has 0 aliphatic heterocycles. The molecule has 0 atom stereocenters. The zero-order valence-electron chi connectivity index (χ0n) is 34.8. The van der Waals surface area contributed by atoms with Crippen LogP contribution in [0.3, 0.4) is 0 Å². The van der Waals surface area contributed by atoms with Gasteiger partial charge in [-0.2, -0.15) is 0 Å². The molecule has 0 amide bonds. The smallest absolute Gasteiger partial charge is 0.137 e. The van der Waals surface area contributed by atoms with Crippen molar-refractivity contribution in [1.82, 2.24) is 0 Å². The lowest BCUT2D eigenvalue weighted by Crippen LogP contribution is -2.10. The van der Waals surface area contributed by atoms with Crippen LogP contribution in [0.25, 0.3) is 77.3 Å². The van der Waals surface area contributed by atoms with Crippen LogP contribution in [-0.4, -0.2) is 0 Å². The maximum atomic E-state index is 6.55. The largest absolute Gasteiger partial charge is 0.456 e. The molecule has 2 heterocycles. The van der Waals surface area contributed by atoms with Crippen LogP contribution in [0.1, 0.15) is 0 Å². The lowest BCUT2D eigenvalue weighted by Gasteiger charge is -2.26. The first kappa shape index (κ1) is 37.2. The van der Waals surface area contributed by atoms with Crippen LogP contribution in [0.2, 0.25) is 0 Å². The van der Waals surface area contributed by atoms with Gasteiger partial charge in [-0.25, -0.2) is 0 Å². The topological polar surface area (TPSA) is 32.8 Å². The van der Waals surface area contributed by atoms with Crippen LogP contribution in [0, 0.1) is 0 Å². The highest BCUT2D eigenvalue weighted by molar-refractivity contribution is 6.08. The Kier molecular flexibility index (Phi) is 9.12. The molecule has 0 aliphatic carbocycles. The van der Waals surface area contributed by atoms with E-state index in [-0.39, 0.29) is 0 Å². The summed E-state index contributed by atoms with van der Waals surface area (Å²) in [6.07, 6.45) is 0. The van der Waals surface area contributed by atoms with E-state index in [1.165, 1.54) is 11.1 Å². The van der Waals surface area contributed by atoms with E-state index >= 15 is 0 Å². The molecule has 4 nitrogen and oxygen atoms in total. The second-order valence-electron chi connectivity index (χ2n) is 16.2. The summed E-state index contributed by atoms with van der Waals surface area (Å²) in [5, 5.41) is 4.42. The van der Waals surface area contributed by atoms with Crippen molar-refractivity contribution in [2.45, 2.75) is 0 Å². The molecule has 64 heavy (non-hydrogen) atoms. The predicted octanol–water partition coefficient (Wildman–Crippen LogP) is 17.4. The summed E-state index contributed by atoms with van der Waals surface area (Å²) in [5.41, 5.74) is 16.7. The molecule has 0 spiro atoms. The Bertz CT molecular complexity index is 3340. The number of nitrogens with zero attached hydrogens (tertiary/aromatic N) is 2. The average molecular weight is 821 g/mol. The number of anilines is 6. The van der Waals surface area contributed by atoms with Gasteiger partial charge < -0.3 is 18.6 Å². The SMILES string of the molecule is c1ccc(-c2ccc3c(c2)oc2cc(N(c4ccccc4)c4ccc(-c5ccc(N(c6ccccc6)c6ccc7c(c6)oc6cc(-c8ccccc8)ccc67)cc5)cc4)ccc23)cc1. The average Bonchev–Trinajstić information content (AvgIpc) is 3.92. The van der Waals surface area contributed by atoms with Crippen LogP contribution < -0.4 is 9.80 Å². The van der Waals surface area contributed by atoms with Crippen molar-refractivity contribution in [3.05, 3.63) is 243 Å². The quantitative estimate of drug-likeness (QED) is 0.145. The van der Waals surface area contributed by atoms with Crippen LogP contribution in [0.5, 0.6) is 0 Å². The number of para-hydroxylation sites is 2. The molecule has 0 N–H and O–H groups in total. The van der Waals surface area contributed by atoms with Gasteiger partial charge in [0.15, 0.2) is 0 Å². The fraction of sp³-hybridized carbons (Fsp3) is 0. The summed E-state index contributed by atoms with van der Waals surface area (Å²) in [6, 6.07) is 85.6. The Morgan fingerprint density at radius 2 is 0.469 bits per heavy atom. The van der Waals surface area contributed by atoms with E-state index in [1.807, 2.05) is 12.1 Å². The highest BCUT2D eigenvalue weighted by Gasteiger charge is 2.18. The first-order chi connectivity index (χ1) is 31.7. The van der Waals surface area contributed by atoms with Crippen LogP contribution in [0.15, 0.2) is 251 Å². The molecule has 0 unspecified atom stereocenters. The summed E-state index contributed by atoms with van der Waals surface area (Å²) in [5.74, 6) is 0. The van der Waals surface area contributed by atoms with E-state index < -0.39 is 0 Å². The van der Waals surface area contributed by atoms with Crippen LogP contribution in [0.4, 0.5) is 34.1 Å². The van der Waals surface area contributed by atoms with E-state index in [1.54, 1.807) is 0 Å². The standard InChI is InChI=1S/C60H40N2O2/c1-5-13-41(14-6-1)45-25-33-53-55-35-31-51(39-59(55)63-57(53)37-45)61(47-17-9-3-10-18-47)49-27-21-43(22-28-49)44-23-29-50(30-24-44)62(48-19-11-4-12-20-48)52-32-36-56-54-34-26-46(42-15-7-2-8-16-42)38-58(54)64-60(56)40-52/h1-40H. The third-order valence-electron chi connectivity index (χ3n) is 12.3. The van der Waals surface area contributed by atoms with Crippen molar-refractivity contribution in [3.63, 3.8) is 0 Å². The van der Waals surface area contributed by atoms with E-state index in [0.717, 1.165) is 100 Å². The normalized spacial score (nSPS) is 11.4. The van der Waals surface area contributed by atoms with Crippen molar-refractivity contribution < 1.29 is 8.83 Å². The molecule has 0 radical (unpaired) electrons. The van der Waals surface area contributed by atoms with Gasteiger partial charge in [0, 0.05) is 67.8 Å². The Labute approximate surface area is 371 Å². The van der Waals surface area contributed by atoms with Crippen molar-refractivity contribution in [3.8, 4) is 33.4 Å². The van der Waals surface area contributed by atoms with Gasteiger partial charge in [0.1, 0.15) is 22.3 Å². The monoisotopic (exact) mass is 820 g/mol. The van der Waals surface area contributed by atoms with Crippen LogP contribution in [-0.2, 0) is 0 Å². The Morgan fingerprint density at radius 1 is 0.203 bits per heavy atom. The van der Waals surface area contributed by atoms with Gasteiger partial charge in [0.2, 0.25) is 0 Å². The van der Waals surface area contributed by atoms with E-state index in [2.05, 4.69) is 240 Å². The van der Waals surface area contributed by atoms with Gasteiger partial charge in [-0.1, -0.05) is 133 Å². The minimum Gasteiger partial charge on any atom is -0.456 e. The summed E-state index contributed by atoms with van der Waals surface area (Å²) < 4.78 is 13.1. The lowest BCUT2D eigenvalue weighted by molar-refractivity contribution is 0.668. The molecular formula is C60H40N2O2. The fourth-order valence-electron chi connectivity index (χ4n) is 9.08. The zero-order valence-corrected chi connectivity index (χ0v) is 34.8. The minimum atomic E-state index is 0.856. The summed E-state index contributed by atoms with van der Waals surface area (Å²) >= 11 is 0. The number of rotatable bonds is 9. The molecule has 302 valence electrons. The van der Waals surface area contributed by atoms with Gasteiger partial charge in [0.05, 0.1) is 0 Å². The molecule has 10 aromatic carbocycles. The molecule has 12 aromatic rings. The molecule has 0 aliphatic rings. The highest BCUT2D eigenvalue weighted by atomic mass is 16.3. The maximum absolute atomic E-state index is 6.55. The molecule has 2 aromatic heterocycles. The van der Waals surface area contributed by atoms with E-state index in [0.29, 0.717) is 0 Å². The molecule has 4 heteroatoms. The van der Waals surface area contributed by atoms with Crippen LogP contribution >= 0.6 is 0 Å². The van der Waals surface area contributed by atoms with Crippen molar-refractivity contribution in [2.24, 2.45) is 0 Å². The molecule has 0 saturated heterocycles. The lowest BCUT2D eigenvalue weighted by atomic mass is 10.0. The zero-order chi connectivity index (χ0) is 42.4. The fourth-order valence-corrected chi connectivity index (χ4v) is 9.08. The minimum absolute atomic E-state index is 0.856. The first-order valence-corrected chi connectivity index (χ1v) is 21.6. The third-order valence-corrected chi connectivity index (χ3v) is 12.3. The third kappa shape index (κ3) is 6.75. The van der Waals surface area contributed by atoms with Gasteiger partial charge in [-0.15, -0.1) is 0 Å². The molecule has 0 bridgehead atoms.